The lowest BCUT2D eigenvalue weighted by Crippen LogP contribution is -2.30. The molecule has 0 fully saturated rings. The lowest BCUT2D eigenvalue weighted by molar-refractivity contribution is 0.168. The average Bonchev–Trinajstić information content (AvgIpc) is 2.95. The van der Waals surface area contributed by atoms with Gasteiger partial charge in [0, 0.05) is 6.54 Å². The third kappa shape index (κ3) is 4.23. The van der Waals surface area contributed by atoms with Crippen LogP contribution in [0, 0.1) is 0 Å². The number of rotatable bonds is 5. The van der Waals surface area contributed by atoms with Gasteiger partial charge in [-0.2, -0.15) is 11.3 Å². The van der Waals surface area contributed by atoms with E-state index < -0.39 is 6.10 Å². The number of carbonyl (C=O) groups is 1. The number of anilines is 1. The standard InChI is InChI=1S/C14H15ClN2O2S/c15-11-3-1-2-4-12(11)17-14(19)16-7-5-13(18)10-6-8-20-9-10/h1-4,6,8-9,13,18H,5,7H2,(H2,16,17,19)/t13-/m1/s1. The molecule has 4 nitrogen and oxygen atoms in total. The molecule has 0 spiro atoms. The van der Waals surface area contributed by atoms with Crippen LogP contribution in [0.2, 0.25) is 5.02 Å². The number of thiophene rings is 1. The first kappa shape index (κ1) is 14.8. The smallest absolute Gasteiger partial charge is 0.319 e. The summed E-state index contributed by atoms with van der Waals surface area (Å²) in [6.07, 6.45) is -0.0889. The Labute approximate surface area is 126 Å². The van der Waals surface area contributed by atoms with E-state index in [4.69, 9.17) is 11.6 Å². The lowest BCUT2D eigenvalue weighted by atomic mass is 10.1. The van der Waals surface area contributed by atoms with Crippen molar-refractivity contribution in [3.63, 3.8) is 0 Å². The molecule has 106 valence electrons. The molecule has 2 rings (SSSR count). The van der Waals surface area contributed by atoms with Crippen molar-refractivity contribution in [1.29, 1.82) is 0 Å². The zero-order chi connectivity index (χ0) is 14.4. The fourth-order valence-corrected chi connectivity index (χ4v) is 2.57. The zero-order valence-corrected chi connectivity index (χ0v) is 12.2. The molecule has 1 atom stereocenters. The first-order valence-corrected chi connectivity index (χ1v) is 7.48. The Morgan fingerprint density at radius 1 is 1.35 bits per heavy atom. The average molecular weight is 311 g/mol. The highest BCUT2D eigenvalue weighted by molar-refractivity contribution is 7.07. The van der Waals surface area contributed by atoms with E-state index in [1.54, 1.807) is 24.3 Å². The number of benzene rings is 1. The van der Waals surface area contributed by atoms with Crippen molar-refractivity contribution < 1.29 is 9.90 Å². The first-order chi connectivity index (χ1) is 9.66. The predicted octanol–water partition coefficient (Wildman–Crippen LogP) is 3.65. The molecule has 1 heterocycles. The van der Waals surface area contributed by atoms with E-state index in [9.17, 15) is 9.90 Å². The van der Waals surface area contributed by atoms with Crippen LogP contribution in [0.5, 0.6) is 0 Å². The molecular weight excluding hydrogens is 296 g/mol. The summed E-state index contributed by atoms with van der Waals surface area (Å²) in [4.78, 5) is 11.7. The number of carbonyl (C=O) groups excluding carboxylic acids is 1. The number of urea groups is 1. The second-order valence-corrected chi connectivity index (χ2v) is 5.41. The molecule has 0 aliphatic rings. The number of nitrogens with one attached hydrogen (secondary N) is 2. The van der Waals surface area contributed by atoms with E-state index in [-0.39, 0.29) is 6.03 Å². The third-order valence-electron chi connectivity index (χ3n) is 2.75. The van der Waals surface area contributed by atoms with Crippen molar-refractivity contribution in [2.45, 2.75) is 12.5 Å². The van der Waals surface area contributed by atoms with Gasteiger partial charge in [0.1, 0.15) is 0 Å². The fraction of sp³-hybridized carbons (Fsp3) is 0.214. The van der Waals surface area contributed by atoms with Gasteiger partial charge in [-0.1, -0.05) is 23.7 Å². The van der Waals surface area contributed by atoms with Gasteiger partial charge in [0.2, 0.25) is 0 Å². The maximum atomic E-state index is 11.7. The van der Waals surface area contributed by atoms with Gasteiger partial charge < -0.3 is 15.7 Å². The number of amides is 2. The summed E-state index contributed by atoms with van der Waals surface area (Å²) < 4.78 is 0. The van der Waals surface area contributed by atoms with Crippen LogP contribution in [0.4, 0.5) is 10.5 Å². The quantitative estimate of drug-likeness (QED) is 0.789. The zero-order valence-electron chi connectivity index (χ0n) is 10.7. The molecule has 2 amide bonds. The molecular formula is C14H15ClN2O2S. The van der Waals surface area contributed by atoms with Crippen molar-refractivity contribution in [3.8, 4) is 0 Å². The molecule has 0 radical (unpaired) electrons. The van der Waals surface area contributed by atoms with Crippen LogP contribution in [0.1, 0.15) is 18.1 Å². The normalized spacial score (nSPS) is 11.9. The Hall–Kier alpha value is -1.56. The van der Waals surface area contributed by atoms with Gasteiger partial charge in [0.15, 0.2) is 0 Å². The number of hydrogen-bond donors (Lipinski definition) is 3. The van der Waals surface area contributed by atoms with Gasteiger partial charge in [0.05, 0.1) is 16.8 Å². The number of para-hydroxylation sites is 1. The van der Waals surface area contributed by atoms with Gasteiger partial charge in [0.25, 0.3) is 0 Å². The number of hydrogen-bond acceptors (Lipinski definition) is 3. The maximum Gasteiger partial charge on any atom is 0.319 e. The summed E-state index contributed by atoms with van der Waals surface area (Å²) in [6, 6.07) is 8.55. The minimum atomic E-state index is -0.554. The van der Waals surface area contributed by atoms with Gasteiger partial charge in [-0.05, 0) is 40.9 Å². The largest absolute Gasteiger partial charge is 0.388 e. The summed E-state index contributed by atoms with van der Waals surface area (Å²) in [7, 11) is 0. The van der Waals surface area contributed by atoms with Crippen LogP contribution in [0.25, 0.3) is 0 Å². The Morgan fingerprint density at radius 3 is 2.85 bits per heavy atom. The Bertz CT molecular complexity index is 560. The summed E-state index contributed by atoms with van der Waals surface area (Å²) in [5, 5.41) is 19.5. The minimum absolute atomic E-state index is 0.337. The minimum Gasteiger partial charge on any atom is -0.388 e. The topological polar surface area (TPSA) is 61.4 Å². The van der Waals surface area contributed by atoms with E-state index in [1.165, 1.54) is 11.3 Å². The van der Waals surface area contributed by atoms with Crippen molar-refractivity contribution in [1.82, 2.24) is 5.32 Å². The summed E-state index contributed by atoms with van der Waals surface area (Å²) in [6.45, 7) is 0.382. The van der Waals surface area contributed by atoms with Crippen LogP contribution in [0.15, 0.2) is 41.1 Å². The Balaban J connectivity index is 1.74. The van der Waals surface area contributed by atoms with Gasteiger partial charge in [-0.15, -0.1) is 0 Å². The highest BCUT2D eigenvalue weighted by Crippen LogP contribution is 2.20. The Kier molecular flexibility index (Phi) is 5.40. The molecule has 20 heavy (non-hydrogen) atoms. The number of halogens is 1. The van der Waals surface area contributed by atoms with E-state index in [1.807, 2.05) is 16.8 Å². The van der Waals surface area contributed by atoms with Crippen molar-refractivity contribution in [2.24, 2.45) is 0 Å². The molecule has 1 aromatic carbocycles. The molecule has 0 unspecified atom stereocenters. The van der Waals surface area contributed by atoms with Crippen molar-refractivity contribution in [2.75, 3.05) is 11.9 Å². The van der Waals surface area contributed by atoms with Crippen LogP contribution in [-0.2, 0) is 0 Å². The lowest BCUT2D eigenvalue weighted by Gasteiger charge is -2.11. The second kappa shape index (κ2) is 7.28. The van der Waals surface area contributed by atoms with E-state index in [2.05, 4.69) is 10.6 Å². The molecule has 0 saturated heterocycles. The summed E-state index contributed by atoms with van der Waals surface area (Å²) >= 11 is 7.48. The van der Waals surface area contributed by atoms with E-state index >= 15 is 0 Å². The molecule has 2 aromatic rings. The highest BCUT2D eigenvalue weighted by atomic mass is 35.5. The molecule has 0 aliphatic carbocycles. The van der Waals surface area contributed by atoms with Crippen LogP contribution in [-0.4, -0.2) is 17.7 Å². The second-order valence-electron chi connectivity index (χ2n) is 4.22. The molecule has 0 aliphatic heterocycles. The van der Waals surface area contributed by atoms with Crippen LogP contribution >= 0.6 is 22.9 Å². The van der Waals surface area contributed by atoms with Crippen LogP contribution < -0.4 is 10.6 Å². The number of aliphatic hydroxyl groups is 1. The van der Waals surface area contributed by atoms with Gasteiger partial charge in [-0.3, -0.25) is 0 Å². The molecule has 1 aromatic heterocycles. The summed E-state index contributed by atoms with van der Waals surface area (Å²) in [5.41, 5.74) is 1.44. The monoisotopic (exact) mass is 310 g/mol. The van der Waals surface area contributed by atoms with Crippen LogP contribution in [0.3, 0.4) is 0 Å². The SMILES string of the molecule is O=C(NCC[C@@H](O)c1ccsc1)Nc1ccccc1Cl. The molecule has 6 heteroatoms. The van der Waals surface area contributed by atoms with Crippen molar-refractivity contribution >= 4 is 34.7 Å². The van der Waals surface area contributed by atoms with Gasteiger partial charge in [-0.25, -0.2) is 4.79 Å². The molecule has 0 bridgehead atoms. The Morgan fingerprint density at radius 2 is 2.15 bits per heavy atom. The van der Waals surface area contributed by atoms with Crippen molar-refractivity contribution in [3.05, 3.63) is 51.7 Å². The molecule has 3 N–H and O–H groups in total. The molecule has 0 saturated carbocycles. The number of aliphatic hydroxyl groups excluding tert-OH is 1. The fourth-order valence-electron chi connectivity index (χ4n) is 1.68. The van der Waals surface area contributed by atoms with E-state index in [0.29, 0.717) is 23.7 Å². The predicted molar refractivity (Wildman–Crippen MR) is 82.4 cm³/mol. The third-order valence-corrected chi connectivity index (χ3v) is 3.78. The summed E-state index contributed by atoms with van der Waals surface area (Å²) in [5.74, 6) is 0. The first-order valence-electron chi connectivity index (χ1n) is 6.16. The van der Waals surface area contributed by atoms with Gasteiger partial charge >= 0.3 is 6.03 Å². The maximum absolute atomic E-state index is 11.7. The highest BCUT2D eigenvalue weighted by Gasteiger charge is 2.09. The van der Waals surface area contributed by atoms with E-state index in [0.717, 1.165) is 5.56 Å².